The van der Waals surface area contributed by atoms with Crippen molar-refractivity contribution < 1.29 is 8.78 Å². The van der Waals surface area contributed by atoms with Gasteiger partial charge in [0.15, 0.2) is 0 Å². The van der Waals surface area contributed by atoms with Crippen LogP contribution in [-0.2, 0) is 6.42 Å². The van der Waals surface area contributed by atoms with E-state index in [2.05, 4.69) is 9.97 Å². The summed E-state index contributed by atoms with van der Waals surface area (Å²) in [4.78, 5) is 7.01. The number of rotatable bonds is 2. The fraction of sp³-hybridized carbons (Fsp3) is 0.167. The first kappa shape index (κ1) is 11.9. The molecule has 5 heteroatoms. The van der Waals surface area contributed by atoms with Crippen LogP contribution in [0.25, 0.3) is 11.3 Å². The van der Waals surface area contributed by atoms with Gasteiger partial charge in [-0.3, -0.25) is 0 Å². The van der Waals surface area contributed by atoms with Gasteiger partial charge in [0.2, 0.25) is 0 Å². The SMILES string of the molecule is CCc1nc(=S)cc(-c2cc(F)ccc2F)[nH]1. The quantitative estimate of drug-likeness (QED) is 0.826. The van der Waals surface area contributed by atoms with E-state index in [-0.39, 0.29) is 5.56 Å². The largest absolute Gasteiger partial charge is 0.343 e. The van der Waals surface area contributed by atoms with Gasteiger partial charge in [0.1, 0.15) is 22.1 Å². The minimum absolute atomic E-state index is 0.160. The Morgan fingerprint density at radius 1 is 1.29 bits per heavy atom. The molecule has 0 aliphatic rings. The summed E-state index contributed by atoms with van der Waals surface area (Å²) in [7, 11) is 0. The Morgan fingerprint density at radius 2 is 2.06 bits per heavy atom. The zero-order chi connectivity index (χ0) is 12.4. The molecular formula is C12H10F2N2S. The lowest BCUT2D eigenvalue weighted by molar-refractivity contribution is 0.602. The Balaban J connectivity index is 2.63. The molecule has 1 aromatic heterocycles. The van der Waals surface area contributed by atoms with E-state index >= 15 is 0 Å². The Hall–Kier alpha value is -1.62. The van der Waals surface area contributed by atoms with Gasteiger partial charge in [0.05, 0.1) is 5.69 Å². The Bertz CT molecular complexity index is 608. The summed E-state index contributed by atoms with van der Waals surface area (Å²) >= 11 is 4.98. The van der Waals surface area contributed by atoms with Crippen LogP contribution >= 0.6 is 12.2 Å². The molecule has 0 bridgehead atoms. The van der Waals surface area contributed by atoms with Crippen LogP contribution in [0.15, 0.2) is 24.3 Å². The van der Waals surface area contributed by atoms with E-state index in [1.54, 1.807) is 0 Å². The molecule has 0 fully saturated rings. The van der Waals surface area contributed by atoms with Gasteiger partial charge >= 0.3 is 0 Å². The van der Waals surface area contributed by atoms with Gasteiger partial charge < -0.3 is 4.98 Å². The van der Waals surface area contributed by atoms with Crippen LogP contribution in [0.1, 0.15) is 12.7 Å². The zero-order valence-electron chi connectivity index (χ0n) is 9.13. The maximum absolute atomic E-state index is 13.6. The molecule has 2 aromatic rings. The third-order valence-electron chi connectivity index (χ3n) is 2.35. The highest BCUT2D eigenvalue weighted by atomic mass is 32.1. The summed E-state index contributed by atoms with van der Waals surface area (Å²) in [6.07, 6.45) is 0.647. The van der Waals surface area contributed by atoms with Crippen LogP contribution in [-0.4, -0.2) is 9.97 Å². The van der Waals surface area contributed by atoms with Crippen molar-refractivity contribution in [3.05, 3.63) is 46.4 Å². The van der Waals surface area contributed by atoms with Gasteiger partial charge in [-0.1, -0.05) is 19.1 Å². The molecule has 0 atom stereocenters. The van der Waals surface area contributed by atoms with Crippen molar-refractivity contribution in [2.45, 2.75) is 13.3 Å². The number of nitrogens with zero attached hydrogens (tertiary/aromatic N) is 1. The number of aryl methyl sites for hydroxylation is 1. The summed E-state index contributed by atoms with van der Waals surface area (Å²) in [6.45, 7) is 1.90. The molecule has 0 spiro atoms. The minimum Gasteiger partial charge on any atom is -0.343 e. The standard InChI is InChI=1S/C12H10F2N2S/c1-2-11-15-10(6-12(17)16-11)8-5-7(13)3-4-9(8)14/h3-6H,2H2,1H3,(H,15,16,17). The summed E-state index contributed by atoms with van der Waals surface area (Å²) in [5.41, 5.74) is 0.604. The van der Waals surface area contributed by atoms with Gasteiger partial charge in [-0.25, -0.2) is 13.8 Å². The minimum atomic E-state index is -0.495. The lowest BCUT2D eigenvalue weighted by atomic mass is 10.1. The fourth-order valence-corrected chi connectivity index (χ4v) is 1.75. The van der Waals surface area contributed by atoms with Crippen LogP contribution in [0.3, 0.4) is 0 Å². The molecule has 0 saturated heterocycles. The van der Waals surface area contributed by atoms with E-state index in [0.717, 1.165) is 18.2 Å². The second kappa shape index (κ2) is 4.71. The van der Waals surface area contributed by atoms with E-state index in [1.807, 2.05) is 6.92 Å². The molecule has 0 aliphatic heterocycles. The van der Waals surface area contributed by atoms with Crippen molar-refractivity contribution in [1.29, 1.82) is 0 Å². The fourth-order valence-electron chi connectivity index (χ4n) is 1.52. The monoisotopic (exact) mass is 252 g/mol. The average Bonchev–Trinajstić information content (AvgIpc) is 2.31. The van der Waals surface area contributed by atoms with Crippen molar-refractivity contribution >= 4 is 12.2 Å². The maximum Gasteiger partial charge on any atom is 0.132 e. The summed E-state index contributed by atoms with van der Waals surface area (Å²) in [5.74, 6) is -0.336. The van der Waals surface area contributed by atoms with Gasteiger partial charge in [-0.15, -0.1) is 0 Å². The second-order valence-corrected chi connectivity index (χ2v) is 3.98. The number of hydrogen-bond acceptors (Lipinski definition) is 2. The van der Waals surface area contributed by atoms with Gasteiger partial charge in [-0.2, -0.15) is 0 Å². The molecule has 0 unspecified atom stereocenters. The molecule has 1 heterocycles. The summed E-state index contributed by atoms with van der Waals surface area (Å²) < 4.78 is 27.0. The Labute approximate surface area is 102 Å². The first-order valence-electron chi connectivity index (χ1n) is 5.16. The van der Waals surface area contributed by atoms with Crippen molar-refractivity contribution in [1.82, 2.24) is 9.97 Å². The zero-order valence-corrected chi connectivity index (χ0v) is 9.94. The molecule has 0 amide bonds. The predicted octanol–water partition coefficient (Wildman–Crippen LogP) is 3.65. The normalized spacial score (nSPS) is 10.5. The molecule has 0 saturated carbocycles. The Morgan fingerprint density at radius 3 is 2.76 bits per heavy atom. The summed E-state index contributed by atoms with van der Waals surface area (Å²) in [5, 5.41) is 0. The molecule has 1 N–H and O–H groups in total. The smallest absolute Gasteiger partial charge is 0.132 e. The van der Waals surface area contributed by atoms with Crippen molar-refractivity contribution in [2.24, 2.45) is 0 Å². The molecule has 0 aliphatic carbocycles. The van der Waals surface area contributed by atoms with Crippen LogP contribution in [0, 0.1) is 16.3 Å². The average molecular weight is 252 g/mol. The van der Waals surface area contributed by atoms with Gasteiger partial charge in [0, 0.05) is 12.0 Å². The number of aromatic amines is 1. The van der Waals surface area contributed by atoms with Crippen LogP contribution < -0.4 is 0 Å². The van der Waals surface area contributed by atoms with E-state index in [1.165, 1.54) is 6.07 Å². The highest BCUT2D eigenvalue weighted by Crippen LogP contribution is 2.21. The Kier molecular flexibility index (Phi) is 3.28. The van der Waals surface area contributed by atoms with Gasteiger partial charge in [0.25, 0.3) is 0 Å². The lowest BCUT2D eigenvalue weighted by Crippen LogP contribution is -1.97. The molecule has 2 nitrogen and oxygen atoms in total. The third kappa shape index (κ3) is 2.55. The highest BCUT2D eigenvalue weighted by molar-refractivity contribution is 7.71. The van der Waals surface area contributed by atoms with Gasteiger partial charge in [-0.05, 0) is 24.3 Å². The van der Waals surface area contributed by atoms with Crippen molar-refractivity contribution in [2.75, 3.05) is 0 Å². The summed E-state index contributed by atoms with van der Waals surface area (Å²) in [6, 6.07) is 4.82. The maximum atomic E-state index is 13.6. The first-order chi connectivity index (χ1) is 8.10. The van der Waals surface area contributed by atoms with E-state index in [0.29, 0.717) is 22.6 Å². The predicted molar refractivity (Wildman–Crippen MR) is 64.2 cm³/mol. The van der Waals surface area contributed by atoms with Crippen LogP contribution in [0.2, 0.25) is 0 Å². The molecule has 1 aromatic carbocycles. The first-order valence-corrected chi connectivity index (χ1v) is 5.56. The number of nitrogens with one attached hydrogen (secondary N) is 1. The molecular weight excluding hydrogens is 242 g/mol. The topological polar surface area (TPSA) is 28.7 Å². The number of hydrogen-bond donors (Lipinski definition) is 1. The number of halogens is 2. The van der Waals surface area contributed by atoms with Crippen LogP contribution in [0.5, 0.6) is 0 Å². The van der Waals surface area contributed by atoms with Crippen LogP contribution in [0.4, 0.5) is 8.78 Å². The third-order valence-corrected chi connectivity index (χ3v) is 2.55. The van der Waals surface area contributed by atoms with Crippen molar-refractivity contribution in [3.63, 3.8) is 0 Å². The van der Waals surface area contributed by atoms with E-state index in [4.69, 9.17) is 12.2 Å². The molecule has 17 heavy (non-hydrogen) atoms. The lowest BCUT2D eigenvalue weighted by Gasteiger charge is -2.06. The number of aromatic nitrogens is 2. The highest BCUT2D eigenvalue weighted by Gasteiger charge is 2.08. The van der Waals surface area contributed by atoms with E-state index < -0.39 is 11.6 Å². The van der Waals surface area contributed by atoms with E-state index in [9.17, 15) is 8.78 Å². The van der Waals surface area contributed by atoms with Crippen molar-refractivity contribution in [3.8, 4) is 11.3 Å². The second-order valence-electron chi connectivity index (χ2n) is 3.56. The number of benzene rings is 1. The molecule has 88 valence electrons. The molecule has 2 rings (SSSR count). The number of H-pyrrole nitrogens is 1. The molecule has 0 radical (unpaired) electrons.